The van der Waals surface area contributed by atoms with Crippen LogP contribution in [-0.2, 0) is 11.0 Å². The zero-order valence-corrected chi connectivity index (χ0v) is 13.6. The van der Waals surface area contributed by atoms with Gasteiger partial charge in [0.05, 0.1) is 11.0 Å². The largest absolute Gasteiger partial charge is 0.417 e. The molecular weight excluding hydrogens is 373 g/mol. The molecule has 1 aromatic carbocycles. The van der Waals surface area contributed by atoms with Gasteiger partial charge in [-0.2, -0.15) is 13.2 Å². The van der Waals surface area contributed by atoms with Crippen LogP contribution in [0.5, 0.6) is 0 Å². The molecule has 1 aromatic rings. The van der Waals surface area contributed by atoms with E-state index < -0.39 is 17.2 Å². The average molecular weight is 388 g/mol. The van der Waals surface area contributed by atoms with Crippen molar-refractivity contribution in [2.75, 3.05) is 18.4 Å². The minimum Gasteiger partial charge on any atom is -0.326 e. The maximum absolute atomic E-state index is 12.8. The normalized spacial score (nSPS) is 21.8. The number of nitrogens with one attached hydrogen (secondary N) is 2. The Morgan fingerprint density at radius 2 is 2.10 bits per heavy atom. The maximum Gasteiger partial charge on any atom is 0.417 e. The summed E-state index contributed by atoms with van der Waals surface area (Å²) in [5, 5.41) is 5.64. The topological polar surface area (TPSA) is 41.1 Å². The molecule has 1 saturated heterocycles. The van der Waals surface area contributed by atoms with Crippen LogP contribution in [0.25, 0.3) is 0 Å². The van der Waals surface area contributed by atoms with Gasteiger partial charge in [0.1, 0.15) is 0 Å². The van der Waals surface area contributed by atoms with Crippen molar-refractivity contribution in [2.24, 2.45) is 5.41 Å². The maximum atomic E-state index is 12.8. The van der Waals surface area contributed by atoms with E-state index in [1.165, 1.54) is 12.1 Å². The summed E-state index contributed by atoms with van der Waals surface area (Å²) >= 11 is 2.87. The number of carbonyl (C=O) groups is 1. The van der Waals surface area contributed by atoms with E-state index in [4.69, 9.17) is 0 Å². The average Bonchev–Trinajstić information content (AvgIpc) is 2.78. The highest BCUT2D eigenvalue weighted by atomic mass is 79.9. The Kier molecular flexibility index (Phi) is 5.69. The summed E-state index contributed by atoms with van der Waals surface area (Å²) in [6.07, 6.45) is -3.79. The second-order valence-corrected chi connectivity index (χ2v) is 5.99. The van der Waals surface area contributed by atoms with E-state index in [1.807, 2.05) is 0 Å². The molecule has 118 valence electrons. The number of alkyl halides is 3. The van der Waals surface area contributed by atoms with Gasteiger partial charge in [-0.25, -0.2) is 0 Å². The van der Waals surface area contributed by atoms with Gasteiger partial charge < -0.3 is 10.6 Å². The third-order valence-corrected chi connectivity index (χ3v) is 4.14. The van der Waals surface area contributed by atoms with E-state index in [0.29, 0.717) is 13.0 Å². The standard InChI is InChI=1S/C13H14BrF3N2O.ClH/c1-12(4-5-18-7-12)11(20)19-8-2-3-10(14)9(6-8)13(15,16)17;/h2-3,6,18H,4-5,7H2,1H3,(H,19,20);1H. The van der Waals surface area contributed by atoms with Gasteiger partial charge in [-0.05, 0) is 38.1 Å². The van der Waals surface area contributed by atoms with Gasteiger partial charge in [0.15, 0.2) is 0 Å². The zero-order valence-electron chi connectivity index (χ0n) is 11.2. The number of halogens is 5. The number of carbonyl (C=O) groups excluding carboxylic acids is 1. The molecule has 2 rings (SSSR count). The molecule has 0 spiro atoms. The van der Waals surface area contributed by atoms with Crippen LogP contribution in [0.3, 0.4) is 0 Å². The Labute approximate surface area is 135 Å². The van der Waals surface area contributed by atoms with E-state index in [1.54, 1.807) is 6.92 Å². The molecule has 8 heteroatoms. The van der Waals surface area contributed by atoms with Gasteiger partial charge in [0, 0.05) is 16.7 Å². The Morgan fingerprint density at radius 3 is 2.62 bits per heavy atom. The molecule has 1 unspecified atom stereocenters. The van der Waals surface area contributed by atoms with Crippen molar-refractivity contribution in [1.82, 2.24) is 5.32 Å². The summed E-state index contributed by atoms with van der Waals surface area (Å²) < 4.78 is 38.3. The molecular formula is C13H15BrClF3N2O. The van der Waals surface area contributed by atoms with E-state index >= 15 is 0 Å². The monoisotopic (exact) mass is 386 g/mol. The van der Waals surface area contributed by atoms with Crippen LogP contribution < -0.4 is 10.6 Å². The third kappa shape index (κ3) is 4.11. The van der Waals surface area contributed by atoms with E-state index in [2.05, 4.69) is 26.6 Å². The van der Waals surface area contributed by atoms with Gasteiger partial charge in [-0.15, -0.1) is 12.4 Å². The van der Waals surface area contributed by atoms with Gasteiger partial charge in [-0.1, -0.05) is 15.9 Å². The van der Waals surface area contributed by atoms with Crippen LogP contribution in [0.4, 0.5) is 18.9 Å². The second-order valence-electron chi connectivity index (χ2n) is 5.13. The summed E-state index contributed by atoms with van der Waals surface area (Å²) in [4.78, 5) is 12.1. The molecule has 0 aromatic heterocycles. The Bertz CT molecular complexity index is 531. The van der Waals surface area contributed by atoms with Crippen molar-refractivity contribution in [3.8, 4) is 0 Å². The SMILES string of the molecule is CC1(C(=O)Nc2ccc(Br)c(C(F)(F)F)c2)CCNC1.Cl. The molecule has 1 aliphatic heterocycles. The molecule has 0 aliphatic carbocycles. The Hall–Kier alpha value is -0.790. The van der Waals surface area contributed by atoms with Gasteiger partial charge >= 0.3 is 6.18 Å². The van der Waals surface area contributed by atoms with E-state index in [-0.39, 0.29) is 28.5 Å². The van der Waals surface area contributed by atoms with Crippen LogP contribution in [0.2, 0.25) is 0 Å². The molecule has 1 amide bonds. The number of rotatable bonds is 2. The molecule has 1 fully saturated rings. The van der Waals surface area contributed by atoms with Gasteiger partial charge in [0.2, 0.25) is 5.91 Å². The van der Waals surface area contributed by atoms with Crippen LogP contribution in [0.15, 0.2) is 22.7 Å². The lowest BCUT2D eigenvalue weighted by molar-refractivity contribution is -0.138. The first kappa shape index (κ1) is 18.3. The number of hydrogen-bond acceptors (Lipinski definition) is 2. The molecule has 1 aliphatic rings. The summed E-state index contributed by atoms with van der Waals surface area (Å²) in [5.74, 6) is -0.266. The highest BCUT2D eigenvalue weighted by Gasteiger charge is 2.37. The molecule has 2 N–H and O–H groups in total. The highest BCUT2D eigenvalue weighted by Crippen LogP contribution is 2.36. The highest BCUT2D eigenvalue weighted by molar-refractivity contribution is 9.10. The van der Waals surface area contributed by atoms with Gasteiger partial charge in [-0.3, -0.25) is 4.79 Å². The fraction of sp³-hybridized carbons (Fsp3) is 0.462. The second kappa shape index (κ2) is 6.54. The van der Waals surface area contributed by atoms with Crippen LogP contribution in [0.1, 0.15) is 18.9 Å². The molecule has 21 heavy (non-hydrogen) atoms. The Morgan fingerprint density at radius 1 is 1.43 bits per heavy atom. The molecule has 0 bridgehead atoms. The smallest absolute Gasteiger partial charge is 0.326 e. The van der Waals surface area contributed by atoms with Crippen molar-refractivity contribution in [1.29, 1.82) is 0 Å². The summed E-state index contributed by atoms with van der Waals surface area (Å²) in [7, 11) is 0. The fourth-order valence-corrected chi connectivity index (χ4v) is 2.58. The quantitative estimate of drug-likeness (QED) is 0.810. The molecule has 3 nitrogen and oxygen atoms in total. The van der Waals surface area contributed by atoms with Crippen LogP contribution >= 0.6 is 28.3 Å². The number of hydrogen-bond donors (Lipinski definition) is 2. The van der Waals surface area contributed by atoms with Crippen LogP contribution in [0, 0.1) is 5.41 Å². The van der Waals surface area contributed by atoms with Crippen molar-refractivity contribution < 1.29 is 18.0 Å². The lowest BCUT2D eigenvalue weighted by Crippen LogP contribution is -2.35. The first-order valence-electron chi connectivity index (χ1n) is 6.11. The number of anilines is 1. The first-order valence-corrected chi connectivity index (χ1v) is 6.91. The zero-order chi connectivity index (χ0) is 15.0. The molecule has 1 heterocycles. The number of amides is 1. The molecule has 1 atom stereocenters. The van der Waals surface area contributed by atoms with E-state index in [0.717, 1.165) is 12.6 Å². The summed E-state index contributed by atoms with van der Waals surface area (Å²) in [6.45, 7) is 3.06. The van der Waals surface area contributed by atoms with Crippen LogP contribution in [-0.4, -0.2) is 19.0 Å². The number of benzene rings is 1. The summed E-state index contributed by atoms with van der Waals surface area (Å²) in [5.41, 5.74) is -1.23. The molecule has 0 saturated carbocycles. The van der Waals surface area contributed by atoms with Crippen molar-refractivity contribution in [3.63, 3.8) is 0 Å². The first-order chi connectivity index (χ1) is 9.22. The van der Waals surface area contributed by atoms with Crippen molar-refractivity contribution in [3.05, 3.63) is 28.2 Å². The fourth-order valence-electron chi connectivity index (χ4n) is 2.11. The third-order valence-electron chi connectivity index (χ3n) is 3.45. The van der Waals surface area contributed by atoms with E-state index in [9.17, 15) is 18.0 Å². The lowest BCUT2D eigenvalue weighted by atomic mass is 9.88. The van der Waals surface area contributed by atoms with Gasteiger partial charge in [0.25, 0.3) is 0 Å². The van der Waals surface area contributed by atoms with Crippen molar-refractivity contribution in [2.45, 2.75) is 19.5 Å². The molecule has 0 radical (unpaired) electrons. The predicted molar refractivity (Wildman–Crippen MR) is 80.6 cm³/mol. The minimum absolute atomic E-state index is 0. The van der Waals surface area contributed by atoms with Crippen molar-refractivity contribution >= 4 is 39.9 Å². The predicted octanol–water partition coefficient (Wildman–Crippen LogP) is 3.83. The summed E-state index contributed by atoms with van der Waals surface area (Å²) in [6, 6.07) is 3.67. The lowest BCUT2D eigenvalue weighted by Gasteiger charge is -2.22. The Balaban J connectivity index is 0.00000220. The minimum atomic E-state index is -4.46.